The maximum atomic E-state index is 13.0. The zero-order valence-corrected chi connectivity index (χ0v) is 16.3. The van der Waals surface area contributed by atoms with Crippen LogP contribution >= 0.6 is 0 Å². The molecule has 3 aromatic rings. The number of aryl methyl sites for hydroxylation is 1. The quantitative estimate of drug-likeness (QED) is 0.349. The van der Waals surface area contributed by atoms with Gasteiger partial charge in [-0.2, -0.15) is 5.10 Å². The summed E-state index contributed by atoms with van der Waals surface area (Å²) in [4.78, 5) is 29.6. The largest absolute Gasteiger partial charge is 0.506 e. The normalized spacial score (nSPS) is 11.2. The monoisotopic (exact) mass is 392 g/mol. The van der Waals surface area contributed by atoms with Gasteiger partial charge in [0.05, 0.1) is 11.7 Å². The smallest absolute Gasteiger partial charge is 0.280 e. The number of carbonyl (C=O) groups is 1. The zero-order chi connectivity index (χ0) is 20.6. The number of unbranched alkanes of at least 4 members (excludes halogenated alkanes) is 3. The maximum Gasteiger partial charge on any atom is 0.280 e. The summed E-state index contributed by atoms with van der Waals surface area (Å²) in [6.07, 6.45) is 8.65. The van der Waals surface area contributed by atoms with E-state index < -0.39 is 11.5 Å². The van der Waals surface area contributed by atoms with E-state index in [9.17, 15) is 14.7 Å². The molecule has 3 rings (SSSR count). The number of amides is 1. The van der Waals surface area contributed by atoms with Gasteiger partial charge < -0.3 is 9.67 Å². The first kappa shape index (κ1) is 20.3. The van der Waals surface area contributed by atoms with Gasteiger partial charge in [-0.05, 0) is 36.2 Å². The number of fused-ring (bicyclic) bond motifs is 1. The SMILES string of the molecule is CCCCCCn1c(=O)c(C(=O)N/N=C\c2ccncc2)c(O)c2ccccc21. The molecule has 2 heterocycles. The van der Waals surface area contributed by atoms with Gasteiger partial charge in [-0.1, -0.05) is 38.3 Å². The zero-order valence-electron chi connectivity index (χ0n) is 16.3. The van der Waals surface area contributed by atoms with Crippen molar-refractivity contribution in [2.75, 3.05) is 0 Å². The molecule has 0 bridgehead atoms. The van der Waals surface area contributed by atoms with Crippen molar-refractivity contribution < 1.29 is 9.90 Å². The molecular weight excluding hydrogens is 368 g/mol. The number of hydrogen-bond donors (Lipinski definition) is 2. The van der Waals surface area contributed by atoms with Crippen LogP contribution < -0.4 is 11.0 Å². The number of nitrogens with zero attached hydrogens (tertiary/aromatic N) is 3. The molecule has 0 saturated carbocycles. The number of para-hydroxylation sites is 1. The van der Waals surface area contributed by atoms with Crippen LogP contribution in [0.5, 0.6) is 5.75 Å². The molecule has 1 amide bonds. The van der Waals surface area contributed by atoms with Crippen LogP contribution in [0.2, 0.25) is 0 Å². The highest BCUT2D eigenvalue weighted by molar-refractivity contribution is 6.02. The number of carbonyl (C=O) groups excluding carboxylic acids is 1. The van der Waals surface area contributed by atoms with E-state index in [1.165, 1.54) is 6.21 Å². The topological polar surface area (TPSA) is 96.6 Å². The van der Waals surface area contributed by atoms with Gasteiger partial charge in [0.1, 0.15) is 11.3 Å². The molecule has 29 heavy (non-hydrogen) atoms. The second kappa shape index (κ2) is 9.64. The molecule has 0 radical (unpaired) electrons. The molecule has 2 N–H and O–H groups in total. The number of pyridine rings is 2. The van der Waals surface area contributed by atoms with Gasteiger partial charge in [-0.25, -0.2) is 5.43 Å². The van der Waals surface area contributed by atoms with Crippen molar-refractivity contribution in [1.29, 1.82) is 0 Å². The molecule has 150 valence electrons. The Labute approximate surface area is 168 Å². The van der Waals surface area contributed by atoms with E-state index in [4.69, 9.17) is 0 Å². The Hall–Kier alpha value is -3.48. The van der Waals surface area contributed by atoms with Gasteiger partial charge in [-0.15, -0.1) is 0 Å². The Morgan fingerprint density at radius 3 is 2.69 bits per heavy atom. The summed E-state index contributed by atoms with van der Waals surface area (Å²) in [7, 11) is 0. The highest BCUT2D eigenvalue weighted by atomic mass is 16.3. The van der Waals surface area contributed by atoms with E-state index in [1.54, 1.807) is 47.3 Å². The average molecular weight is 392 g/mol. The maximum absolute atomic E-state index is 13.0. The summed E-state index contributed by atoms with van der Waals surface area (Å²) in [5, 5.41) is 15.0. The van der Waals surface area contributed by atoms with Crippen molar-refractivity contribution in [3.8, 4) is 5.75 Å². The molecule has 0 fully saturated rings. The highest BCUT2D eigenvalue weighted by Crippen LogP contribution is 2.26. The van der Waals surface area contributed by atoms with Crippen molar-refractivity contribution >= 4 is 23.0 Å². The molecule has 0 spiro atoms. The Morgan fingerprint density at radius 1 is 1.17 bits per heavy atom. The minimum absolute atomic E-state index is 0.300. The summed E-state index contributed by atoms with van der Waals surface area (Å²) in [5.74, 6) is -1.07. The minimum atomic E-state index is -0.745. The number of rotatable bonds is 8. The molecule has 1 aromatic carbocycles. The number of nitrogens with one attached hydrogen (secondary N) is 1. The first-order valence-electron chi connectivity index (χ1n) is 9.71. The molecule has 0 saturated heterocycles. The lowest BCUT2D eigenvalue weighted by Gasteiger charge is -2.14. The third-order valence-electron chi connectivity index (χ3n) is 4.69. The molecule has 7 nitrogen and oxygen atoms in total. The first-order chi connectivity index (χ1) is 14.1. The summed E-state index contributed by atoms with van der Waals surface area (Å²) in [5.41, 5.74) is 2.88. The van der Waals surface area contributed by atoms with Gasteiger partial charge in [0.25, 0.3) is 11.5 Å². The molecule has 0 aliphatic carbocycles. The number of aromatic nitrogens is 2. The van der Waals surface area contributed by atoms with Gasteiger partial charge in [0.15, 0.2) is 0 Å². The number of benzene rings is 1. The van der Waals surface area contributed by atoms with Crippen molar-refractivity contribution in [1.82, 2.24) is 15.0 Å². The predicted molar refractivity (Wildman–Crippen MR) is 113 cm³/mol. The molecule has 7 heteroatoms. The van der Waals surface area contributed by atoms with Crippen LogP contribution in [-0.2, 0) is 6.54 Å². The number of hydrazone groups is 1. The second-order valence-electron chi connectivity index (χ2n) is 6.74. The third kappa shape index (κ3) is 4.68. The van der Waals surface area contributed by atoms with E-state index in [1.807, 2.05) is 6.07 Å². The fourth-order valence-electron chi connectivity index (χ4n) is 3.18. The van der Waals surface area contributed by atoms with E-state index in [0.29, 0.717) is 17.4 Å². The summed E-state index contributed by atoms with van der Waals surface area (Å²) in [6.45, 7) is 2.61. The first-order valence-corrected chi connectivity index (χ1v) is 9.71. The van der Waals surface area contributed by atoms with Crippen LogP contribution in [0.1, 0.15) is 48.5 Å². The Balaban J connectivity index is 1.93. The lowest BCUT2D eigenvalue weighted by Crippen LogP contribution is -2.31. The van der Waals surface area contributed by atoms with Crippen LogP contribution in [0.4, 0.5) is 0 Å². The van der Waals surface area contributed by atoms with Gasteiger partial charge in [0, 0.05) is 24.3 Å². The van der Waals surface area contributed by atoms with Crippen molar-refractivity contribution in [3.63, 3.8) is 0 Å². The fraction of sp³-hybridized carbons (Fsp3) is 0.273. The molecule has 2 aromatic heterocycles. The van der Waals surface area contributed by atoms with E-state index in [0.717, 1.165) is 31.2 Å². The molecule has 0 aliphatic heterocycles. The third-order valence-corrected chi connectivity index (χ3v) is 4.69. The Kier molecular flexibility index (Phi) is 6.73. The summed E-state index contributed by atoms with van der Waals surface area (Å²) < 4.78 is 1.56. The van der Waals surface area contributed by atoms with Crippen LogP contribution in [0.15, 0.2) is 58.7 Å². The van der Waals surface area contributed by atoms with Crippen LogP contribution in [-0.4, -0.2) is 26.8 Å². The average Bonchev–Trinajstić information content (AvgIpc) is 2.74. The molecule has 0 aliphatic rings. The van der Waals surface area contributed by atoms with E-state index in [2.05, 4.69) is 22.4 Å². The van der Waals surface area contributed by atoms with Gasteiger partial charge in [-0.3, -0.25) is 14.6 Å². The summed E-state index contributed by atoms with van der Waals surface area (Å²) in [6, 6.07) is 10.5. The van der Waals surface area contributed by atoms with Crippen molar-refractivity contribution in [2.45, 2.75) is 39.2 Å². The van der Waals surface area contributed by atoms with E-state index in [-0.39, 0.29) is 11.3 Å². The Bertz CT molecular complexity index is 1070. The van der Waals surface area contributed by atoms with Crippen molar-refractivity contribution in [2.24, 2.45) is 5.10 Å². The number of aromatic hydroxyl groups is 1. The van der Waals surface area contributed by atoms with Crippen LogP contribution in [0.25, 0.3) is 10.9 Å². The molecule has 0 atom stereocenters. The standard InChI is InChI=1S/C22H24N4O3/c1-2-3-4-7-14-26-18-9-6-5-8-17(18)20(27)19(22(26)29)21(28)25-24-15-16-10-12-23-13-11-16/h5-6,8-13,15,27H,2-4,7,14H2,1H3,(H,25,28)/b24-15-. The number of hydrogen-bond acceptors (Lipinski definition) is 5. The van der Waals surface area contributed by atoms with E-state index >= 15 is 0 Å². The van der Waals surface area contributed by atoms with Gasteiger partial charge in [0.2, 0.25) is 0 Å². The predicted octanol–water partition coefficient (Wildman–Crippen LogP) is 3.45. The summed E-state index contributed by atoms with van der Waals surface area (Å²) >= 11 is 0. The molecule has 0 unspecified atom stereocenters. The highest BCUT2D eigenvalue weighted by Gasteiger charge is 2.21. The van der Waals surface area contributed by atoms with Crippen molar-refractivity contribution in [3.05, 3.63) is 70.3 Å². The van der Waals surface area contributed by atoms with Gasteiger partial charge >= 0.3 is 0 Å². The van der Waals surface area contributed by atoms with Crippen LogP contribution in [0.3, 0.4) is 0 Å². The lowest BCUT2D eigenvalue weighted by molar-refractivity contribution is 0.0950. The molecular formula is C22H24N4O3. The fourth-order valence-corrected chi connectivity index (χ4v) is 3.18. The lowest BCUT2D eigenvalue weighted by atomic mass is 10.1. The Morgan fingerprint density at radius 2 is 1.93 bits per heavy atom. The van der Waals surface area contributed by atoms with Crippen LogP contribution in [0, 0.1) is 0 Å². The second-order valence-corrected chi connectivity index (χ2v) is 6.74. The minimum Gasteiger partial charge on any atom is -0.506 e.